The molecule has 3 aromatic rings. The van der Waals surface area contributed by atoms with Gasteiger partial charge in [0.15, 0.2) is 5.82 Å². The Labute approximate surface area is 221 Å². The van der Waals surface area contributed by atoms with Crippen LogP contribution in [0.1, 0.15) is 36.9 Å². The minimum absolute atomic E-state index is 0.223. The van der Waals surface area contributed by atoms with Crippen molar-refractivity contribution in [3.05, 3.63) is 56.4 Å². The molecule has 2 bridgehead atoms. The molecule has 184 valence electrons. The maximum absolute atomic E-state index is 15.6. The Morgan fingerprint density at radius 2 is 2.31 bits per heavy atom. The first-order chi connectivity index (χ1) is 17.4. The zero-order valence-electron chi connectivity index (χ0n) is 19.8. The summed E-state index contributed by atoms with van der Waals surface area (Å²) >= 11 is 4.79. The number of aromatic nitrogens is 3. The maximum Gasteiger partial charge on any atom is 0.270 e. The molecular formula is C26H24BrFN6OS. The summed E-state index contributed by atoms with van der Waals surface area (Å²) in [6, 6.07) is 4.24. The lowest BCUT2D eigenvalue weighted by Gasteiger charge is -2.36. The predicted octanol–water partition coefficient (Wildman–Crippen LogP) is 4.26. The fourth-order valence-electron chi connectivity index (χ4n) is 4.94. The molecule has 4 heterocycles. The van der Waals surface area contributed by atoms with Crippen molar-refractivity contribution in [2.24, 2.45) is 5.92 Å². The zero-order valence-corrected chi connectivity index (χ0v) is 22.2. The van der Waals surface area contributed by atoms with Crippen LogP contribution in [-0.4, -0.2) is 39.4 Å². The predicted molar refractivity (Wildman–Crippen MR) is 143 cm³/mol. The highest BCUT2D eigenvalue weighted by atomic mass is 79.9. The van der Waals surface area contributed by atoms with E-state index in [1.165, 1.54) is 22.5 Å². The fourth-order valence-corrected chi connectivity index (χ4v) is 5.98. The molecule has 6 rings (SSSR count). The fraction of sp³-hybridized carbons (Fsp3) is 0.385. The van der Waals surface area contributed by atoms with E-state index >= 15 is 4.39 Å². The number of pyridine rings is 1. The SMILES string of the molecule is CSc1nc2c(F)c(Br)c(CCC#N)cc2c(N[C@H]2[C@H]3CN[C@@H]2C3)c1C#C[C@@H](C)n1ccncc1=O. The Hall–Kier alpha value is -2.92. The minimum Gasteiger partial charge on any atom is -0.379 e. The lowest BCUT2D eigenvalue weighted by atomic mass is 9.80. The van der Waals surface area contributed by atoms with Gasteiger partial charge in [0.05, 0.1) is 34.0 Å². The Morgan fingerprint density at radius 1 is 1.47 bits per heavy atom. The van der Waals surface area contributed by atoms with Crippen molar-refractivity contribution in [1.82, 2.24) is 19.9 Å². The molecule has 0 radical (unpaired) electrons. The summed E-state index contributed by atoms with van der Waals surface area (Å²) in [4.78, 5) is 20.8. The number of hydrogen-bond donors (Lipinski definition) is 2. The molecular weight excluding hydrogens is 543 g/mol. The van der Waals surface area contributed by atoms with Crippen LogP contribution in [0.2, 0.25) is 0 Å². The van der Waals surface area contributed by atoms with Crippen LogP contribution in [0.4, 0.5) is 10.1 Å². The highest BCUT2D eigenvalue weighted by Crippen LogP contribution is 2.42. The Balaban J connectivity index is 1.69. The average molecular weight is 567 g/mol. The minimum atomic E-state index is -0.440. The number of aryl methyl sites for hydroxylation is 1. The summed E-state index contributed by atoms with van der Waals surface area (Å²) in [7, 11) is 0. The number of fused-ring (bicyclic) bond motifs is 2. The van der Waals surface area contributed by atoms with Gasteiger partial charge in [-0.05, 0) is 59.5 Å². The van der Waals surface area contributed by atoms with Crippen LogP contribution in [0.25, 0.3) is 10.9 Å². The van der Waals surface area contributed by atoms with Gasteiger partial charge in [0.1, 0.15) is 10.5 Å². The molecule has 36 heavy (non-hydrogen) atoms. The molecule has 3 fully saturated rings. The van der Waals surface area contributed by atoms with Crippen LogP contribution in [0, 0.1) is 34.9 Å². The second kappa shape index (κ2) is 10.2. The number of rotatable bonds is 6. The molecule has 4 atom stereocenters. The molecule has 2 aromatic heterocycles. The first-order valence-electron chi connectivity index (χ1n) is 11.7. The van der Waals surface area contributed by atoms with Gasteiger partial charge >= 0.3 is 0 Å². The van der Waals surface area contributed by atoms with Gasteiger partial charge in [0, 0.05) is 42.8 Å². The number of thioether (sulfide) groups is 1. The standard InChI is InChI=1S/C26H24BrFN6OS/c1-14(34-9-8-30-13-20(34)35)5-6-17-24(32-23-16-11-19(23)31-12-16)18-10-15(4-3-7-29)21(27)22(28)25(18)33-26(17)36-2/h8-10,13-14,16,19,23,31H,3-4,11-12H2,1-2H3,(H,32,33)/t14-,16-,19-,23+/m1/s1. The lowest BCUT2D eigenvalue weighted by molar-refractivity contribution is 0.327. The van der Waals surface area contributed by atoms with E-state index in [1.54, 1.807) is 12.4 Å². The number of nitrogens with one attached hydrogen (secondary N) is 2. The molecule has 1 saturated carbocycles. The summed E-state index contributed by atoms with van der Waals surface area (Å²) in [5.41, 5.74) is 2.18. The third-order valence-electron chi connectivity index (χ3n) is 6.93. The Kier molecular flexibility index (Phi) is 7.03. The largest absolute Gasteiger partial charge is 0.379 e. The highest BCUT2D eigenvalue weighted by Gasteiger charge is 2.47. The zero-order chi connectivity index (χ0) is 25.4. The van der Waals surface area contributed by atoms with Gasteiger partial charge in [-0.15, -0.1) is 11.8 Å². The summed E-state index contributed by atoms with van der Waals surface area (Å²) in [5, 5.41) is 17.5. The maximum atomic E-state index is 15.6. The van der Waals surface area contributed by atoms with Gasteiger partial charge in [0.25, 0.3) is 5.56 Å². The topological polar surface area (TPSA) is 95.6 Å². The van der Waals surface area contributed by atoms with E-state index < -0.39 is 11.9 Å². The molecule has 3 aliphatic rings. The third kappa shape index (κ3) is 4.39. The van der Waals surface area contributed by atoms with Crippen LogP contribution in [0.15, 0.2) is 39.0 Å². The molecule has 2 N–H and O–H groups in total. The second-order valence-electron chi connectivity index (χ2n) is 9.04. The van der Waals surface area contributed by atoms with Gasteiger partial charge in [-0.1, -0.05) is 11.8 Å². The van der Waals surface area contributed by atoms with E-state index in [9.17, 15) is 4.79 Å². The van der Waals surface area contributed by atoms with Crippen molar-refractivity contribution in [3.8, 4) is 17.9 Å². The second-order valence-corrected chi connectivity index (χ2v) is 10.6. The normalized spacial score (nSPS) is 20.8. The van der Waals surface area contributed by atoms with Crippen LogP contribution in [0.5, 0.6) is 0 Å². The number of hydrogen-bond acceptors (Lipinski definition) is 7. The van der Waals surface area contributed by atoms with Crippen molar-refractivity contribution in [2.45, 2.75) is 49.3 Å². The van der Waals surface area contributed by atoms with Crippen LogP contribution >= 0.6 is 27.7 Å². The van der Waals surface area contributed by atoms with Gasteiger partial charge < -0.3 is 10.6 Å². The van der Waals surface area contributed by atoms with Crippen molar-refractivity contribution in [2.75, 3.05) is 18.1 Å². The number of halogens is 2. The van der Waals surface area contributed by atoms with Crippen LogP contribution in [0.3, 0.4) is 0 Å². The number of nitrogens with zero attached hydrogens (tertiary/aromatic N) is 4. The molecule has 1 aromatic carbocycles. The average Bonchev–Trinajstić information content (AvgIpc) is 3.52. The first-order valence-corrected chi connectivity index (χ1v) is 13.7. The number of nitriles is 1. The molecule has 7 nitrogen and oxygen atoms in total. The Morgan fingerprint density at radius 3 is 2.97 bits per heavy atom. The van der Waals surface area contributed by atoms with Gasteiger partial charge in [-0.2, -0.15) is 5.26 Å². The summed E-state index contributed by atoms with van der Waals surface area (Å²) in [6.45, 7) is 2.80. The van der Waals surface area contributed by atoms with Crippen molar-refractivity contribution < 1.29 is 4.39 Å². The van der Waals surface area contributed by atoms with Crippen LogP contribution < -0.4 is 16.2 Å². The molecule has 0 spiro atoms. The monoisotopic (exact) mass is 566 g/mol. The molecule has 10 heteroatoms. The van der Waals surface area contributed by atoms with E-state index in [0.29, 0.717) is 44.4 Å². The third-order valence-corrected chi connectivity index (χ3v) is 8.47. The molecule has 0 unspecified atom stereocenters. The lowest BCUT2D eigenvalue weighted by Crippen LogP contribution is -2.47. The van der Waals surface area contributed by atoms with E-state index in [2.05, 4.69) is 54.4 Å². The quantitative estimate of drug-likeness (QED) is 0.340. The van der Waals surface area contributed by atoms with E-state index in [1.807, 2.05) is 19.2 Å². The molecule has 2 aliphatic heterocycles. The van der Waals surface area contributed by atoms with Crippen LogP contribution in [-0.2, 0) is 6.42 Å². The van der Waals surface area contributed by atoms with Crippen molar-refractivity contribution in [3.63, 3.8) is 0 Å². The number of anilines is 1. The summed E-state index contributed by atoms with van der Waals surface area (Å²) < 4.78 is 17.4. The number of benzene rings is 1. The van der Waals surface area contributed by atoms with Gasteiger partial charge in [-0.25, -0.2) is 9.37 Å². The van der Waals surface area contributed by atoms with E-state index in [-0.39, 0.29) is 23.5 Å². The van der Waals surface area contributed by atoms with E-state index in [4.69, 9.17) is 5.26 Å². The molecule has 1 aliphatic carbocycles. The van der Waals surface area contributed by atoms with Crippen molar-refractivity contribution >= 4 is 44.3 Å². The summed E-state index contributed by atoms with van der Waals surface area (Å²) in [5.74, 6) is 6.52. The Bertz CT molecular complexity index is 1490. The van der Waals surface area contributed by atoms with Gasteiger partial charge in [-0.3, -0.25) is 14.3 Å². The molecule has 2 saturated heterocycles. The van der Waals surface area contributed by atoms with Crippen molar-refractivity contribution in [1.29, 1.82) is 5.26 Å². The van der Waals surface area contributed by atoms with E-state index in [0.717, 1.165) is 18.7 Å². The molecule has 0 amide bonds. The smallest absolute Gasteiger partial charge is 0.270 e. The summed E-state index contributed by atoms with van der Waals surface area (Å²) in [6.07, 6.45) is 8.15. The van der Waals surface area contributed by atoms with Gasteiger partial charge in [0.2, 0.25) is 0 Å². The highest BCUT2D eigenvalue weighted by molar-refractivity contribution is 9.10. The first kappa shape index (κ1) is 24.8.